The van der Waals surface area contributed by atoms with Crippen LogP contribution in [0.3, 0.4) is 0 Å². The minimum atomic E-state index is -0.0156. The summed E-state index contributed by atoms with van der Waals surface area (Å²) in [6, 6.07) is 15.8. The third kappa shape index (κ3) is 4.52. The number of benzene rings is 2. The summed E-state index contributed by atoms with van der Waals surface area (Å²) in [6.45, 7) is 2.88. The van der Waals surface area contributed by atoms with Crippen LogP contribution < -0.4 is 15.4 Å². The maximum atomic E-state index is 11.9. The molecule has 0 aliphatic rings. The van der Waals surface area contributed by atoms with Gasteiger partial charge in [0.2, 0.25) is 5.91 Å². The summed E-state index contributed by atoms with van der Waals surface area (Å²) in [5.74, 6) is 0.841. The molecule has 0 saturated heterocycles. The van der Waals surface area contributed by atoms with Gasteiger partial charge in [0.25, 0.3) is 0 Å². The molecule has 1 amide bonds. The average Bonchev–Trinajstić information content (AvgIpc) is 2.54. The first kappa shape index (κ1) is 15.9. The van der Waals surface area contributed by atoms with Crippen LogP contribution >= 0.6 is 0 Å². The second-order valence-corrected chi connectivity index (χ2v) is 5.08. The van der Waals surface area contributed by atoms with Crippen molar-refractivity contribution in [1.29, 1.82) is 0 Å². The Hall–Kier alpha value is -2.49. The molecule has 0 aliphatic heterocycles. The molecule has 0 saturated carbocycles. The summed E-state index contributed by atoms with van der Waals surface area (Å²) in [7, 11) is 1.66. The first-order valence-electron chi connectivity index (χ1n) is 7.39. The smallest absolute Gasteiger partial charge is 0.239 e. The lowest BCUT2D eigenvalue weighted by molar-refractivity contribution is -0.119. The fourth-order valence-corrected chi connectivity index (χ4v) is 2.26. The molecule has 22 heavy (non-hydrogen) atoms. The van der Waals surface area contributed by atoms with Gasteiger partial charge >= 0.3 is 0 Å². The maximum absolute atomic E-state index is 11.9. The zero-order valence-corrected chi connectivity index (χ0v) is 13.1. The number of carbonyl (C=O) groups is 1. The zero-order chi connectivity index (χ0) is 15.8. The predicted molar refractivity (Wildman–Crippen MR) is 89.4 cm³/mol. The Bertz CT molecular complexity index is 626. The minimum Gasteiger partial charge on any atom is -0.496 e. The average molecular weight is 298 g/mol. The standard InChI is InChI=1S/C18H22N2O2/c1-14-7-3-5-9-16(14)20-13-18(21)19-12-11-15-8-4-6-10-17(15)22-2/h3-10,20H,11-13H2,1-2H3,(H,19,21). The van der Waals surface area contributed by atoms with E-state index in [9.17, 15) is 4.79 Å². The van der Waals surface area contributed by atoms with Crippen LogP contribution in [-0.4, -0.2) is 26.1 Å². The van der Waals surface area contributed by atoms with Crippen molar-refractivity contribution >= 4 is 11.6 Å². The monoisotopic (exact) mass is 298 g/mol. The highest BCUT2D eigenvalue weighted by atomic mass is 16.5. The highest BCUT2D eigenvalue weighted by Gasteiger charge is 2.04. The summed E-state index contributed by atoms with van der Waals surface area (Å²) in [5, 5.41) is 6.06. The second-order valence-electron chi connectivity index (χ2n) is 5.08. The quantitative estimate of drug-likeness (QED) is 0.826. The van der Waals surface area contributed by atoms with Gasteiger partial charge in [0.1, 0.15) is 5.75 Å². The minimum absolute atomic E-state index is 0.0156. The molecule has 0 atom stereocenters. The van der Waals surface area contributed by atoms with Crippen LogP contribution in [0.5, 0.6) is 5.75 Å². The van der Waals surface area contributed by atoms with Crippen LogP contribution in [-0.2, 0) is 11.2 Å². The van der Waals surface area contributed by atoms with E-state index in [-0.39, 0.29) is 12.5 Å². The van der Waals surface area contributed by atoms with Gasteiger partial charge < -0.3 is 15.4 Å². The molecule has 2 rings (SSSR count). The van der Waals surface area contributed by atoms with E-state index in [0.717, 1.165) is 29.0 Å². The topological polar surface area (TPSA) is 50.4 Å². The lowest BCUT2D eigenvalue weighted by Gasteiger charge is -2.11. The Morgan fingerprint density at radius 2 is 1.82 bits per heavy atom. The van der Waals surface area contributed by atoms with Crippen LogP contribution in [0, 0.1) is 6.92 Å². The number of hydrogen-bond donors (Lipinski definition) is 2. The number of anilines is 1. The number of hydrogen-bond acceptors (Lipinski definition) is 3. The van der Waals surface area contributed by atoms with Crippen molar-refractivity contribution < 1.29 is 9.53 Å². The lowest BCUT2D eigenvalue weighted by atomic mass is 10.1. The summed E-state index contributed by atoms with van der Waals surface area (Å²) in [5.41, 5.74) is 3.21. The Balaban J connectivity index is 1.75. The zero-order valence-electron chi connectivity index (χ0n) is 13.1. The fraction of sp³-hybridized carbons (Fsp3) is 0.278. The van der Waals surface area contributed by atoms with E-state index in [1.54, 1.807) is 7.11 Å². The number of rotatable bonds is 7. The molecular weight excluding hydrogens is 276 g/mol. The van der Waals surface area contributed by atoms with Crippen molar-refractivity contribution in [3.8, 4) is 5.75 Å². The van der Waals surface area contributed by atoms with Crippen LogP contribution in [0.15, 0.2) is 48.5 Å². The van der Waals surface area contributed by atoms with E-state index in [1.165, 1.54) is 0 Å². The largest absolute Gasteiger partial charge is 0.496 e. The van der Waals surface area contributed by atoms with Crippen LogP contribution in [0.1, 0.15) is 11.1 Å². The molecule has 0 spiro atoms. The SMILES string of the molecule is COc1ccccc1CCNC(=O)CNc1ccccc1C. The fourth-order valence-electron chi connectivity index (χ4n) is 2.26. The maximum Gasteiger partial charge on any atom is 0.239 e. The molecular formula is C18H22N2O2. The van der Waals surface area contributed by atoms with Gasteiger partial charge in [-0.2, -0.15) is 0 Å². The number of amides is 1. The molecule has 0 aromatic heterocycles. The highest BCUT2D eigenvalue weighted by molar-refractivity contribution is 5.80. The second kappa shape index (κ2) is 8.08. The predicted octanol–water partition coefficient (Wildman–Crippen LogP) is 2.77. The van der Waals surface area contributed by atoms with Gasteiger partial charge in [-0.1, -0.05) is 36.4 Å². The van der Waals surface area contributed by atoms with Crippen molar-refractivity contribution in [1.82, 2.24) is 5.32 Å². The molecule has 2 aromatic rings. The molecule has 4 nitrogen and oxygen atoms in total. The first-order valence-corrected chi connectivity index (χ1v) is 7.39. The Labute approximate surface area is 131 Å². The lowest BCUT2D eigenvalue weighted by Crippen LogP contribution is -2.31. The van der Waals surface area contributed by atoms with Crippen LogP contribution in [0.4, 0.5) is 5.69 Å². The summed E-state index contributed by atoms with van der Waals surface area (Å²) in [6.07, 6.45) is 0.750. The van der Waals surface area contributed by atoms with Gasteiger partial charge in [0.15, 0.2) is 0 Å². The molecule has 2 aromatic carbocycles. The van der Waals surface area contributed by atoms with Gasteiger partial charge in [0.05, 0.1) is 13.7 Å². The van der Waals surface area contributed by atoms with E-state index in [2.05, 4.69) is 10.6 Å². The van der Waals surface area contributed by atoms with Crippen molar-refractivity contribution in [2.75, 3.05) is 25.5 Å². The van der Waals surface area contributed by atoms with E-state index < -0.39 is 0 Å². The number of ether oxygens (including phenoxy) is 1. The van der Waals surface area contributed by atoms with Gasteiger partial charge in [0, 0.05) is 12.2 Å². The van der Waals surface area contributed by atoms with Gasteiger partial charge in [-0.25, -0.2) is 0 Å². The molecule has 0 unspecified atom stereocenters. The molecule has 4 heteroatoms. The number of para-hydroxylation sites is 2. The third-order valence-corrected chi connectivity index (χ3v) is 3.49. The normalized spacial score (nSPS) is 10.1. The van der Waals surface area contributed by atoms with Crippen LogP contribution in [0.25, 0.3) is 0 Å². The number of nitrogens with one attached hydrogen (secondary N) is 2. The Morgan fingerprint density at radius 1 is 1.09 bits per heavy atom. The van der Waals surface area contributed by atoms with Gasteiger partial charge in [-0.15, -0.1) is 0 Å². The first-order chi connectivity index (χ1) is 10.7. The number of aryl methyl sites for hydroxylation is 1. The van der Waals surface area contributed by atoms with Crippen LogP contribution in [0.2, 0.25) is 0 Å². The van der Waals surface area contributed by atoms with Crippen molar-refractivity contribution in [2.24, 2.45) is 0 Å². The Morgan fingerprint density at radius 3 is 2.59 bits per heavy atom. The molecule has 0 heterocycles. The van der Waals surface area contributed by atoms with Crippen molar-refractivity contribution in [3.05, 3.63) is 59.7 Å². The number of methoxy groups -OCH3 is 1. The van der Waals surface area contributed by atoms with Crippen molar-refractivity contribution in [2.45, 2.75) is 13.3 Å². The summed E-state index contributed by atoms with van der Waals surface area (Å²) in [4.78, 5) is 11.9. The van der Waals surface area contributed by atoms with Gasteiger partial charge in [-0.05, 0) is 36.6 Å². The van der Waals surface area contributed by atoms with E-state index in [4.69, 9.17) is 4.74 Å². The van der Waals surface area contributed by atoms with E-state index >= 15 is 0 Å². The third-order valence-electron chi connectivity index (χ3n) is 3.49. The van der Waals surface area contributed by atoms with E-state index in [1.807, 2.05) is 55.5 Å². The number of carbonyl (C=O) groups excluding carboxylic acids is 1. The molecule has 0 radical (unpaired) electrons. The molecule has 0 fully saturated rings. The summed E-state index contributed by atoms with van der Waals surface area (Å²) < 4.78 is 5.30. The highest BCUT2D eigenvalue weighted by Crippen LogP contribution is 2.17. The molecule has 0 aliphatic carbocycles. The molecule has 2 N–H and O–H groups in total. The molecule has 116 valence electrons. The Kier molecular flexibility index (Phi) is 5.83. The molecule has 0 bridgehead atoms. The van der Waals surface area contributed by atoms with Crippen molar-refractivity contribution in [3.63, 3.8) is 0 Å². The van der Waals surface area contributed by atoms with E-state index in [0.29, 0.717) is 6.54 Å². The van der Waals surface area contributed by atoms with Gasteiger partial charge in [-0.3, -0.25) is 4.79 Å². The summed E-state index contributed by atoms with van der Waals surface area (Å²) >= 11 is 0.